The molecule has 1 amide bonds. The molecule has 2 aliphatic carbocycles. The van der Waals surface area contributed by atoms with E-state index in [-0.39, 0.29) is 28.9 Å². The van der Waals surface area contributed by atoms with Crippen molar-refractivity contribution in [1.82, 2.24) is 4.90 Å². The molecule has 1 aromatic heterocycles. The van der Waals surface area contributed by atoms with E-state index in [1.54, 1.807) is 18.6 Å². The molecule has 2 bridgehead atoms. The van der Waals surface area contributed by atoms with Crippen LogP contribution in [0.3, 0.4) is 0 Å². The first-order chi connectivity index (χ1) is 15.7. The lowest BCUT2D eigenvalue weighted by Gasteiger charge is -2.66. The molecule has 2 aromatic rings. The molecule has 5 atom stereocenters. The van der Waals surface area contributed by atoms with Crippen LogP contribution < -0.4 is 4.74 Å². The van der Waals surface area contributed by atoms with Gasteiger partial charge in [-0.25, -0.2) is 0 Å². The molecule has 1 aromatic carbocycles. The number of ether oxygens (including phenoxy) is 1. The third-order valence-corrected chi connectivity index (χ3v) is 9.83. The fraction of sp³-hybridized carbons (Fsp3) is 0.536. The average Bonchev–Trinajstić information content (AvgIpc) is 3.42. The van der Waals surface area contributed by atoms with Crippen LogP contribution in [0.2, 0.25) is 0 Å². The highest BCUT2D eigenvalue weighted by atomic mass is 16.5. The van der Waals surface area contributed by atoms with Crippen molar-refractivity contribution in [1.29, 1.82) is 0 Å². The van der Waals surface area contributed by atoms with Crippen LogP contribution >= 0.6 is 0 Å². The third kappa shape index (κ3) is 2.60. The Balaban J connectivity index is 1.43. The van der Waals surface area contributed by atoms with Crippen LogP contribution in [-0.4, -0.2) is 61.2 Å². The Morgan fingerprint density at radius 3 is 2.82 bits per heavy atom. The van der Waals surface area contributed by atoms with Gasteiger partial charge in [0.2, 0.25) is 5.91 Å². The number of rotatable bonds is 3. The van der Waals surface area contributed by atoms with Gasteiger partial charge in [0, 0.05) is 42.5 Å². The van der Waals surface area contributed by atoms with Crippen molar-refractivity contribution in [2.75, 3.05) is 27.7 Å². The van der Waals surface area contributed by atoms with Gasteiger partial charge in [0.15, 0.2) is 0 Å². The number of hydrogen-bond acceptors (Lipinski definition) is 3. The highest BCUT2D eigenvalue weighted by molar-refractivity contribution is 5.91. The predicted octanol–water partition coefficient (Wildman–Crippen LogP) is 4.33. The Hall–Kier alpha value is -2.53. The molecule has 2 fully saturated rings. The Bertz CT molecular complexity index is 1150. The molecular weight excluding hydrogens is 412 g/mol. The SMILES string of the molecule is Cc1ccc2c3c1O[C@H]1[C@@H](N(C)C(=O)/C=C/c4ccoc4)CC[C@@]4(C)[C@H](C2)[N+](C)(C)CC[C@]314. The Morgan fingerprint density at radius 2 is 2.06 bits per heavy atom. The van der Waals surface area contributed by atoms with E-state index < -0.39 is 0 Å². The maximum atomic E-state index is 13.2. The topological polar surface area (TPSA) is 42.7 Å². The molecule has 33 heavy (non-hydrogen) atoms. The standard InChI is InChI=1S/C28H35N2O3/c1-18-6-8-20-16-22-27(2)12-10-21(29(3)23(31)9-7-19-11-15-32-17-19)26-28(27,13-14-30(22,4)5)24(20)25(18)33-26/h6-9,11,15,17,21-22,26H,10,12-14,16H2,1-5H3/q+1/b9-7+/t21-,22-,26-,27-,28-/m0/s1. The molecule has 1 saturated heterocycles. The normalized spacial score (nSPS) is 35.2. The first-order valence-corrected chi connectivity index (χ1v) is 12.3. The fourth-order valence-electron chi connectivity index (χ4n) is 8.05. The summed E-state index contributed by atoms with van der Waals surface area (Å²) in [5.74, 6) is 1.13. The second kappa shape index (κ2) is 6.75. The van der Waals surface area contributed by atoms with E-state index in [4.69, 9.17) is 9.15 Å². The van der Waals surface area contributed by atoms with E-state index in [1.165, 1.54) is 16.7 Å². The number of aryl methyl sites for hydroxylation is 1. The van der Waals surface area contributed by atoms with Crippen molar-refractivity contribution < 1.29 is 18.4 Å². The summed E-state index contributed by atoms with van der Waals surface area (Å²) < 4.78 is 13.1. The second-order valence-electron chi connectivity index (χ2n) is 11.6. The number of hydrogen-bond donors (Lipinski definition) is 0. The van der Waals surface area contributed by atoms with Crippen LogP contribution in [0, 0.1) is 12.3 Å². The van der Waals surface area contributed by atoms with Gasteiger partial charge in [-0.2, -0.15) is 0 Å². The minimum Gasteiger partial charge on any atom is -0.487 e. The van der Waals surface area contributed by atoms with Gasteiger partial charge in [0.1, 0.15) is 11.9 Å². The van der Waals surface area contributed by atoms with E-state index >= 15 is 0 Å². The molecule has 3 heterocycles. The molecule has 174 valence electrons. The van der Waals surface area contributed by atoms with Crippen molar-refractivity contribution in [3.05, 3.63) is 59.1 Å². The second-order valence-corrected chi connectivity index (χ2v) is 11.6. The quantitative estimate of drug-likeness (QED) is 0.520. The summed E-state index contributed by atoms with van der Waals surface area (Å²) in [6.07, 6.45) is 11.1. The monoisotopic (exact) mass is 447 g/mol. The predicted molar refractivity (Wildman–Crippen MR) is 128 cm³/mol. The van der Waals surface area contributed by atoms with E-state index in [2.05, 4.69) is 40.1 Å². The molecule has 5 heteroatoms. The highest BCUT2D eigenvalue weighted by Crippen LogP contribution is 2.69. The fourth-order valence-corrected chi connectivity index (χ4v) is 8.05. The number of benzene rings is 1. The van der Waals surface area contributed by atoms with Gasteiger partial charge in [-0.3, -0.25) is 4.79 Å². The number of quaternary nitrogens is 1. The zero-order valence-electron chi connectivity index (χ0n) is 20.4. The molecule has 5 nitrogen and oxygen atoms in total. The van der Waals surface area contributed by atoms with Crippen LogP contribution in [-0.2, 0) is 16.6 Å². The minimum atomic E-state index is -0.0217. The van der Waals surface area contributed by atoms with Crippen molar-refractivity contribution in [2.45, 2.75) is 63.1 Å². The van der Waals surface area contributed by atoms with Crippen LogP contribution in [0.1, 0.15) is 48.4 Å². The summed E-state index contributed by atoms with van der Waals surface area (Å²) in [7, 11) is 6.78. The van der Waals surface area contributed by atoms with Gasteiger partial charge in [-0.15, -0.1) is 0 Å². The molecule has 1 saturated carbocycles. The Labute approximate surface area is 196 Å². The number of furan rings is 1. The largest absolute Gasteiger partial charge is 0.487 e. The zero-order chi connectivity index (χ0) is 23.2. The van der Waals surface area contributed by atoms with E-state index in [1.807, 2.05) is 24.1 Å². The molecule has 0 N–H and O–H groups in total. The lowest BCUT2D eigenvalue weighted by atomic mass is 9.43. The third-order valence-electron chi connectivity index (χ3n) is 9.83. The summed E-state index contributed by atoms with van der Waals surface area (Å²) >= 11 is 0. The van der Waals surface area contributed by atoms with E-state index in [0.29, 0.717) is 6.04 Å². The van der Waals surface area contributed by atoms with Gasteiger partial charge in [-0.05, 0) is 43.0 Å². The maximum Gasteiger partial charge on any atom is 0.246 e. The molecule has 0 unspecified atom stereocenters. The molecular formula is C28H35N2O3+. The van der Waals surface area contributed by atoms with Crippen molar-refractivity contribution in [3.63, 3.8) is 0 Å². The molecule has 2 aliphatic heterocycles. The maximum absolute atomic E-state index is 13.2. The number of likely N-dealkylation sites (tertiary alicyclic amines) is 1. The number of likely N-dealkylation sites (N-methyl/N-ethyl adjacent to an activating group) is 2. The summed E-state index contributed by atoms with van der Waals surface area (Å²) in [5, 5.41) is 0. The van der Waals surface area contributed by atoms with Gasteiger partial charge in [0.05, 0.1) is 50.7 Å². The van der Waals surface area contributed by atoms with Crippen molar-refractivity contribution in [2.24, 2.45) is 5.41 Å². The van der Waals surface area contributed by atoms with Gasteiger partial charge in [-0.1, -0.05) is 19.1 Å². The Morgan fingerprint density at radius 1 is 1.24 bits per heavy atom. The summed E-state index contributed by atoms with van der Waals surface area (Å²) in [6.45, 7) is 5.86. The van der Waals surface area contributed by atoms with Crippen LogP contribution in [0.15, 0.2) is 41.2 Å². The average molecular weight is 448 g/mol. The number of piperidine rings is 1. The van der Waals surface area contributed by atoms with Crippen LogP contribution in [0.4, 0.5) is 0 Å². The number of carbonyl (C=O) groups is 1. The van der Waals surface area contributed by atoms with E-state index in [9.17, 15) is 4.79 Å². The molecule has 0 radical (unpaired) electrons. The van der Waals surface area contributed by atoms with Crippen LogP contribution in [0.25, 0.3) is 6.08 Å². The minimum absolute atomic E-state index is 0.00507. The first kappa shape index (κ1) is 21.0. The number of nitrogens with zero attached hydrogens (tertiary/aromatic N) is 2. The number of amides is 1. The lowest BCUT2D eigenvalue weighted by molar-refractivity contribution is -0.932. The zero-order valence-corrected chi connectivity index (χ0v) is 20.4. The highest BCUT2D eigenvalue weighted by Gasteiger charge is 2.74. The van der Waals surface area contributed by atoms with Crippen LogP contribution in [0.5, 0.6) is 5.75 Å². The summed E-state index contributed by atoms with van der Waals surface area (Å²) in [5.41, 5.74) is 5.22. The van der Waals surface area contributed by atoms with E-state index in [0.717, 1.165) is 48.0 Å². The summed E-state index contributed by atoms with van der Waals surface area (Å²) in [6, 6.07) is 7.08. The first-order valence-electron chi connectivity index (χ1n) is 12.3. The van der Waals surface area contributed by atoms with Gasteiger partial charge >= 0.3 is 0 Å². The van der Waals surface area contributed by atoms with Gasteiger partial charge < -0.3 is 18.5 Å². The number of carbonyl (C=O) groups excluding carboxylic acids is 1. The van der Waals surface area contributed by atoms with Crippen molar-refractivity contribution in [3.8, 4) is 5.75 Å². The molecule has 6 rings (SSSR count). The van der Waals surface area contributed by atoms with Gasteiger partial charge in [0.25, 0.3) is 0 Å². The molecule has 1 spiro atoms. The molecule has 4 aliphatic rings. The summed E-state index contributed by atoms with van der Waals surface area (Å²) in [4.78, 5) is 15.2. The van der Waals surface area contributed by atoms with Crippen molar-refractivity contribution >= 4 is 12.0 Å². The Kier molecular flexibility index (Phi) is 4.30. The smallest absolute Gasteiger partial charge is 0.246 e. The lowest BCUT2D eigenvalue weighted by Crippen LogP contribution is -2.76.